The van der Waals surface area contributed by atoms with Crippen molar-refractivity contribution in [3.05, 3.63) is 22.2 Å². The van der Waals surface area contributed by atoms with Gasteiger partial charge in [-0.3, -0.25) is 9.09 Å². The van der Waals surface area contributed by atoms with Crippen LogP contribution in [0.3, 0.4) is 0 Å². The van der Waals surface area contributed by atoms with Gasteiger partial charge in [0.1, 0.15) is 0 Å². The van der Waals surface area contributed by atoms with E-state index >= 15 is 0 Å². The highest BCUT2D eigenvalue weighted by molar-refractivity contribution is 4.88. The second-order valence-corrected chi connectivity index (χ2v) is 3.40. The van der Waals surface area contributed by atoms with Crippen molar-refractivity contribution in [2.24, 2.45) is 0 Å². The van der Waals surface area contributed by atoms with E-state index < -0.39 is 5.76 Å². The molecule has 2 heterocycles. The summed E-state index contributed by atoms with van der Waals surface area (Å²) >= 11 is 0. The molecule has 0 unspecified atom stereocenters. The van der Waals surface area contributed by atoms with Crippen LogP contribution in [-0.4, -0.2) is 29.9 Å². The third kappa shape index (κ3) is 1.86. The Kier molecular flexibility index (Phi) is 2.80. The second-order valence-electron chi connectivity index (χ2n) is 3.40. The molecule has 0 aliphatic rings. The molecule has 0 amide bonds. The zero-order valence-corrected chi connectivity index (χ0v) is 9.12. The number of tetrazole rings is 1. The predicted octanol–water partition coefficient (Wildman–Crippen LogP) is -0.410. The van der Waals surface area contributed by atoms with Gasteiger partial charge in [0.25, 0.3) is 0 Å². The lowest BCUT2D eigenvalue weighted by atomic mass is 10.4. The maximum atomic E-state index is 11.3. The topological polar surface area (TPSA) is 91.6 Å². The minimum Gasteiger partial charge on any atom is -0.296 e. The van der Waals surface area contributed by atoms with E-state index in [1.165, 1.54) is 4.57 Å². The first kappa shape index (κ1) is 10.5. The predicted molar refractivity (Wildman–Crippen MR) is 52.7 cm³/mol. The molecule has 0 saturated heterocycles. The van der Waals surface area contributed by atoms with E-state index in [-0.39, 0.29) is 6.54 Å². The van der Waals surface area contributed by atoms with Crippen LogP contribution in [0.2, 0.25) is 0 Å². The standard InChI is InChI=1S/C8H12N6O2/c1-3-4-14-7(9-11-12-14)5-13-6(2)10-16-8(13)15/h3-5H2,1-2H3. The molecule has 8 nitrogen and oxygen atoms in total. The number of rotatable bonds is 4. The summed E-state index contributed by atoms with van der Waals surface area (Å²) in [7, 11) is 0. The molecule has 0 saturated carbocycles. The molecule has 0 aliphatic heterocycles. The fourth-order valence-corrected chi connectivity index (χ4v) is 1.38. The molecule has 0 spiro atoms. The van der Waals surface area contributed by atoms with Gasteiger partial charge in [0.2, 0.25) is 0 Å². The van der Waals surface area contributed by atoms with Gasteiger partial charge in [0.15, 0.2) is 11.6 Å². The summed E-state index contributed by atoms with van der Waals surface area (Å²) in [5.74, 6) is 0.634. The van der Waals surface area contributed by atoms with Crippen molar-refractivity contribution < 1.29 is 4.52 Å². The van der Waals surface area contributed by atoms with Crippen LogP contribution in [0, 0.1) is 6.92 Å². The van der Waals surface area contributed by atoms with Crippen molar-refractivity contribution in [2.45, 2.75) is 33.4 Å². The molecule has 0 aromatic carbocycles. The monoisotopic (exact) mass is 224 g/mol. The zero-order chi connectivity index (χ0) is 11.5. The van der Waals surface area contributed by atoms with Crippen molar-refractivity contribution in [1.29, 1.82) is 0 Å². The number of aromatic nitrogens is 6. The minimum absolute atomic E-state index is 0.279. The minimum atomic E-state index is -0.497. The summed E-state index contributed by atoms with van der Waals surface area (Å²) in [6.45, 7) is 4.73. The van der Waals surface area contributed by atoms with Crippen LogP contribution in [0.15, 0.2) is 9.32 Å². The van der Waals surface area contributed by atoms with E-state index in [1.54, 1.807) is 11.6 Å². The Bertz CT molecular complexity index is 525. The third-order valence-corrected chi connectivity index (χ3v) is 2.21. The maximum Gasteiger partial charge on any atom is 0.442 e. The number of hydrogen-bond acceptors (Lipinski definition) is 6. The molecule has 0 N–H and O–H groups in total. The molecule has 8 heteroatoms. The Hall–Kier alpha value is -1.99. The van der Waals surface area contributed by atoms with Gasteiger partial charge >= 0.3 is 5.76 Å². The highest BCUT2D eigenvalue weighted by atomic mass is 16.5. The Morgan fingerprint density at radius 1 is 1.44 bits per heavy atom. The third-order valence-electron chi connectivity index (χ3n) is 2.21. The number of nitrogens with zero attached hydrogens (tertiary/aromatic N) is 6. The van der Waals surface area contributed by atoms with Crippen LogP contribution in [0.1, 0.15) is 25.0 Å². The molecular weight excluding hydrogens is 212 g/mol. The van der Waals surface area contributed by atoms with Gasteiger partial charge in [-0.1, -0.05) is 12.1 Å². The molecule has 86 valence electrons. The first-order chi connectivity index (χ1) is 7.72. The molecule has 16 heavy (non-hydrogen) atoms. The summed E-state index contributed by atoms with van der Waals surface area (Å²) in [6, 6.07) is 0. The number of aryl methyl sites for hydroxylation is 2. The lowest BCUT2D eigenvalue weighted by Gasteiger charge is -2.02. The molecule has 0 bridgehead atoms. The first-order valence-corrected chi connectivity index (χ1v) is 5.00. The summed E-state index contributed by atoms with van der Waals surface area (Å²) in [6.07, 6.45) is 0.926. The Balaban J connectivity index is 2.27. The van der Waals surface area contributed by atoms with E-state index in [4.69, 9.17) is 0 Å². The molecule has 0 fully saturated rings. The van der Waals surface area contributed by atoms with Crippen LogP contribution < -0.4 is 5.76 Å². The van der Waals surface area contributed by atoms with Gasteiger partial charge in [0, 0.05) is 6.54 Å². The van der Waals surface area contributed by atoms with E-state index in [0.717, 1.165) is 13.0 Å². The Labute approximate surface area is 90.9 Å². The van der Waals surface area contributed by atoms with E-state index in [1.807, 2.05) is 6.92 Å². The fourth-order valence-electron chi connectivity index (χ4n) is 1.38. The zero-order valence-electron chi connectivity index (χ0n) is 9.12. The van der Waals surface area contributed by atoms with E-state index in [0.29, 0.717) is 11.6 Å². The maximum absolute atomic E-state index is 11.3. The Morgan fingerprint density at radius 2 is 2.25 bits per heavy atom. The summed E-state index contributed by atoms with van der Waals surface area (Å²) in [4.78, 5) is 11.3. The van der Waals surface area contributed by atoms with Gasteiger partial charge in [-0.15, -0.1) is 5.10 Å². The van der Waals surface area contributed by atoms with Gasteiger partial charge in [-0.25, -0.2) is 9.48 Å². The summed E-state index contributed by atoms with van der Waals surface area (Å²) < 4.78 is 7.58. The van der Waals surface area contributed by atoms with Crippen molar-refractivity contribution in [3.8, 4) is 0 Å². The number of hydrogen-bond donors (Lipinski definition) is 0. The largest absolute Gasteiger partial charge is 0.442 e. The fraction of sp³-hybridized carbons (Fsp3) is 0.625. The molecule has 2 aromatic heterocycles. The molecule has 2 aromatic rings. The SMILES string of the molecule is CCCn1nnnc1Cn1c(C)noc1=O. The average Bonchev–Trinajstić information content (AvgIpc) is 2.81. The van der Waals surface area contributed by atoms with Gasteiger partial charge in [-0.05, 0) is 23.8 Å². The van der Waals surface area contributed by atoms with Crippen LogP contribution in [-0.2, 0) is 13.1 Å². The van der Waals surface area contributed by atoms with Crippen molar-refractivity contribution in [2.75, 3.05) is 0 Å². The average molecular weight is 224 g/mol. The first-order valence-electron chi connectivity index (χ1n) is 5.00. The van der Waals surface area contributed by atoms with Gasteiger partial charge in [0.05, 0.1) is 6.54 Å². The van der Waals surface area contributed by atoms with Crippen LogP contribution in [0.25, 0.3) is 0 Å². The summed E-state index contributed by atoms with van der Waals surface area (Å²) in [5.41, 5.74) is 0. The lowest BCUT2D eigenvalue weighted by molar-refractivity contribution is 0.374. The molecular formula is C8H12N6O2. The normalized spacial score (nSPS) is 10.9. The highest BCUT2D eigenvalue weighted by Gasteiger charge is 2.11. The lowest BCUT2D eigenvalue weighted by Crippen LogP contribution is -2.19. The van der Waals surface area contributed by atoms with Crippen LogP contribution >= 0.6 is 0 Å². The van der Waals surface area contributed by atoms with Crippen LogP contribution in [0.4, 0.5) is 0 Å². The van der Waals surface area contributed by atoms with E-state index in [2.05, 4.69) is 25.2 Å². The van der Waals surface area contributed by atoms with Gasteiger partial charge < -0.3 is 0 Å². The van der Waals surface area contributed by atoms with Crippen molar-refractivity contribution in [1.82, 2.24) is 29.9 Å². The van der Waals surface area contributed by atoms with Crippen molar-refractivity contribution in [3.63, 3.8) is 0 Å². The molecule has 0 aliphatic carbocycles. The smallest absolute Gasteiger partial charge is 0.296 e. The van der Waals surface area contributed by atoms with Gasteiger partial charge in [-0.2, -0.15) is 0 Å². The summed E-state index contributed by atoms with van der Waals surface area (Å²) in [5, 5.41) is 14.8. The quantitative estimate of drug-likeness (QED) is 0.701. The second kappa shape index (κ2) is 4.25. The van der Waals surface area contributed by atoms with Crippen molar-refractivity contribution >= 4 is 0 Å². The Morgan fingerprint density at radius 3 is 2.88 bits per heavy atom. The molecule has 2 rings (SSSR count). The highest BCUT2D eigenvalue weighted by Crippen LogP contribution is 1.98. The van der Waals surface area contributed by atoms with E-state index in [9.17, 15) is 4.79 Å². The van der Waals surface area contributed by atoms with Crippen LogP contribution in [0.5, 0.6) is 0 Å². The molecule has 0 atom stereocenters. The molecule has 0 radical (unpaired) electrons.